The van der Waals surface area contributed by atoms with Crippen molar-refractivity contribution >= 4 is 19.8 Å². The summed E-state index contributed by atoms with van der Waals surface area (Å²) in [5.74, 6) is -0.828. The van der Waals surface area contributed by atoms with Gasteiger partial charge >= 0.3 is 11.9 Å². The summed E-state index contributed by atoms with van der Waals surface area (Å²) in [5, 5.41) is 0. The van der Waals surface area contributed by atoms with Gasteiger partial charge in [0.05, 0.1) is 27.7 Å². The first-order chi connectivity index (χ1) is 46.0. The number of esters is 2. The van der Waals surface area contributed by atoms with E-state index < -0.39 is 26.5 Å². The number of carbonyl (C=O) groups is 2. The van der Waals surface area contributed by atoms with E-state index in [0.717, 1.165) is 116 Å². The highest BCUT2D eigenvalue weighted by Crippen LogP contribution is 2.38. The van der Waals surface area contributed by atoms with E-state index in [4.69, 9.17) is 18.5 Å². The third-order valence-corrected chi connectivity index (χ3v) is 17.3. The molecule has 2 unspecified atom stereocenters. The normalized spacial score (nSPS) is 13.9. The van der Waals surface area contributed by atoms with Gasteiger partial charge in [-0.1, -0.05) is 339 Å². The third-order valence-electron chi connectivity index (χ3n) is 16.4. The van der Waals surface area contributed by atoms with E-state index in [1.165, 1.54) is 173 Å². The van der Waals surface area contributed by atoms with Crippen molar-refractivity contribution in [2.24, 2.45) is 0 Å². The summed E-state index contributed by atoms with van der Waals surface area (Å²) < 4.78 is 34.4. The Morgan fingerprint density at radius 2 is 0.574 bits per heavy atom. The minimum absolute atomic E-state index is 0.0347. The molecule has 0 aliphatic carbocycles. The predicted molar refractivity (Wildman–Crippen MR) is 406 cm³/mol. The van der Waals surface area contributed by atoms with Gasteiger partial charge in [0.2, 0.25) is 0 Å². The number of unbranched alkanes of at least 4 members (excludes halogenated alkanes) is 32. The van der Waals surface area contributed by atoms with Crippen molar-refractivity contribution in [1.29, 1.82) is 0 Å². The number of ether oxygens (including phenoxy) is 2. The lowest BCUT2D eigenvalue weighted by atomic mass is 10.0. The molecule has 0 aromatic carbocycles. The molecular formula is C84H144NO8P. The molecule has 0 saturated heterocycles. The van der Waals surface area contributed by atoms with E-state index >= 15 is 0 Å². The standard InChI is InChI=1S/C84H144NO8P/c1-6-8-10-12-14-16-18-20-22-24-26-28-30-32-34-36-38-40-42-44-46-48-50-52-54-56-58-60-62-64-66-68-70-72-74-76-83(86)90-80-82(81-92-94(88,89)91-79-78-85(3,4)5)93-84(87)77-75-73-71-69-67-65-63-61-59-57-55-53-51-49-47-45-43-41-39-37-35-33-31-29-27-25-23-21-19-17-15-13-11-9-7-2/h8-11,14-17,20-23,26-29,32-35,38-41,82H,6-7,12-13,18-19,24-25,30-31,36-37,42-81H2,1-5H3/b10-8-,11-9-,16-14-,17-15-,22-20-,23-21-,28-26-,29-27-,34-32-,35-33-,40-38-,41-39-. The number of phosphoric ester groups is 1. The quantitative estimate of drug-likeness (QED) is 0.0195. The first kappa shape index (κ1) is 89.9. The SMILES string of the molecule is CC/C=C\C/C=C\C/C=C\C/C=C\C/C=C\C/C=C\CCCCCCCCCCCCCCCCCCC(=O)OCC(COP(=O)([O-])OCC[N+](C)(C)C)OC(=O)CCCCCCCCCCCCCCCCCC/C=C\C/C=C\C/C=C\C/C=C\C/C=C\C/C=C\CC. The maximum absolute atomic E-state index is 12.9. The topological polar surface area (TPSA) is 111 Å². The van der Waals surface area contributed by atoms with E-state index in [9.17, 15) is 19.0 Å². The van der Waals surface area contributed by atoms with Crippen LogP contribution in [0.15, 0.2) is 146 Å². The highest BCUT2D eigenvalue weighted by Gasteiger charge is 2.22. The zero-order valence-corrected chi connectivity index (χ0v) is 62.3. The third kappa shape index (κ3) is 76.9. The number of nitrogens with zero attached hydrogens (tertiary/aromatic N) is 1. The van der Waals surface area contributed by atoms with Gasteiger partial charge in [-0.2, -0.15) is 0 Å². The van der Waals surface area contributed by atoms with Crippen LogP contribution < -0.4 is 4.89 Å². The van der Waals surface area contributed by atoms with Crippen LogP contribution >= 0.6 is 7.82 Å². The summed E-state index contributed by atoms with van der Waals surface area (Å²) in [6.07, 6.45) is 108. The number of carbonyl (C=O) groups excluding carboxylic acids is 2. The van der Waals surface area contributed by atoms with Crippen molar-refractivity contribution in [3.8, 4) is 0 Å². The van der Waals surface area contributed by atoms with Gasteiger partial charge in [0, 0.05) is 12.8 Å². The average Bonchev–Trinajstić information content (AvgIpc) is 2.35. The number of quaternary nitrogens is 1. The maximum Gasteiger partial charge on any atom is 0.306 e. The molecule has 538 valence electrons. The number of rotatable bonds is 70. The number of allylic oxidation sites excluding steroid dienone is 24. The second-order valence-electron chi connectivity index (χ2n) is 26.6. The lowest BCUT2D eigenvalue weighted by Crippen LogP contribution is -2.37. The molecule has 9 nitrogen and oxygen atoms in total. The van der Waals surface area contributed by atoms with E-state index in [2.05, 4.69) is 160 Å². The zero-order chi connectivity index (χ0) is 68.3. The fourth-order valence-electron chi connectivity index (χ4n) is 10.5. The van der Waals surface area contributed by atoms with Crippen LogP contribution in [0, 0.1) is 0 Å². The monoisotopic (exact) mass is 1330 g/mol. The van der Waals surface area contributed by atoms with Crippen LogP contribution in [0.5, 0.6) is 0 Å². The molecule has 0 bridgehead atoms. The first-order valence-corrected chi connectivity index (χ1v) is 40.0. The van der Waals surface area contributed by atoms with E-state index in [1.54, 1.807) is 0 Å². The van der Waals surface area contributed by atoms with E-state index in [0.29, 0.717) is 17.4 Å². The molecule has 0 fully saturated rings. The van der Waals surface area contributed by atoms with Crippen molar-refractivity contribution in [2.45, 2.75) is 328 Å². The molecule has 0 N–H and O–H groups in total. The van der Waals surface area contributed by atoms with Crippen LogP contribution in [0.3, 0.4) is 0 Å². The molecule has 94 heavy (non-hydrogen) atoms. The van der Waals surface area contributed by atoms with Crippen molar-refractivity contribution < 1.29 is 42.1 Å². The Labute approximate surface area is 580 Å². The fourth-order valence-corrected chi connectivity index (χ4v) is 11.3. The second kappa shape index (κ2) is 73.1. The van der Waals surface area contributed by atoms with Gasteiger partial charge in [-0.3, -0.25) is 14.2 Å². The summed E-state index contributed by atoms with van der Waals surface area (Å²) in [6.45, 7) is 4.04. The molecular weight excluding hydrogens is 1180 g/mol. The van der Waals surface area contributed by atoms with Crippen molar-refractivity contribution in [3.05, 3.63) is 146 Å². The smallest absolute Gasteiger partial charge is 0.306 e. The van der Waals surface area contributed by atoms with Gasteiger partial charge in [-0.15, -0.1) is 0 Å². The average molecular weight is 1330 g/mol. The Hall–Kier alpha value is -4.11. The number of likely N-dealkylation sites (N-methyl/N-ethyl adjacent to an activating group) is 1. The Kier molecular flexibility index (Phi) is 69.9. The highest BCUT2D eigenvalue weighted by molar-refractivity contribution is 7.45. The zero-order valence-electron chi connectivity index (χ0n) is 61.4. The van der Waals surface area contributed by atoms with Gasteiger partial charge < -0.3 is 27.9 Å². The van der Waals surface area contributed by atoms with Crippen molar-refractivity contribution in [3.63, 3.8) is 0 Å². The molecule has 2 atom stereocenters. The van der Waals surface area contributed by atoms with Crippen molar-refractivity contribution in [1.82, 2.24) is 0 Å². The summed E-state index contributed by atoms with van der Waals surface area (Å²) in [6, 6.07) is 0. The largest absolute Gasteiger partial charge is 0.756 e. The minimum atomic E-state index is -4.65. The maximum atomic E-state index is 12.9. The van der Waals surface area contributed by atoms with Crippen molar-refractivity contribution in [2.75, 3.05) is 47.5 Å². The molecule has 0 spiro atoms. The number of hydrogen-bond acceptors (Lipinski definition) is 8. The predicted octanol–water partition coefficient (Wildman–Crippen LogP) is 25.1. The summed E-state index contributed by atoms with van der Waals surface area (Å²) in [7, 11) is 1.16. The molecule has 0 saturated carbocycles. The molecule has 10 heteroatoms. The van der Waals surface area contributed by atoms with Gasteiger partial charge in [-0.05, 0) is 116 Å². The molecule has 0 aliphatic rings. The molecule has 0 aliphatic heterocycles. The fraction of sp³-hybridized carbons (Fsp3) is 0.690. The lowest BCUT2D eigenvalue weighted by Gasteiger charge is -2.28. The lowest BCUT2D eigenvalue weighted by molar-refractivity contribution is -0.870. The Morgan fingerprint density at radius 3 is 0.851 bits per heavy atom. The molecule has 0 aromatic rings. The van der Waals surface area contributed by atoms with Crippen LogP contribution in [0.25, 0.3) is 0 Å². The molecule has 0 aromatic heterocycles. The van der Waals surface area contributed by atoms with E-state index in [-0.39, 0.29) is 32.0 Å². The summed E-state index contributed by atoms with van der Waals surface area (Å²) in [4.78, 5) is 38.2. The van der Waals surface area contributed by atoms with Crippen LogP contribution in [0.2, 0.25) is 0 Å². The van der Waals surface area contributed by atoms with Crippen LogP contribution in [0.1, 0.15) is 322 Å². The van der Waals surface area contributed by atoms with Gasteiger partial charge in [0.15, 0.2) is 6.10 Å². The molecule has 0 amide bonds. The van der Waals surface area contributed by atoms with Gasteiger partial charge in [0.25, 0.3) is 7.82 Å². The van der Waals surface area contributed by atoms with Crippen LogP contribution in [0.4, 0.5) is 0 Å². The Bertz CT molecular complexity index is 2100. The molecule has 0 radical (unpaired) electrons. The number of hydrogen-bond donors (Lipinski definition) is 0. The molecule has 0 rings (SSSR count). The minimum Gasteiger partial charge on any atom is -0.756 e. The van der Waals surface area contributed by atoms with Gasteiger partial charge in [-0.25, -0.2) is 0 Å². The summed E-state index contributed by atoms with van der Waals surface area (Å²) >= 11 is 0. The number of phosphoric acid groups is 1. The highest BCUT2D eigenvalue weighted by atomic mass is 31.2. The molecule has 0 heterocycles. The summed E-state index contributed by atoms with van der Waals surface area (Å²) in [5.41, 5.74) is 0. The van der Waals surface area contributed by atoms with Crippen LogP contribution in [-0.4, -0.2) is 70.0 Å². The second-order valence-corrected chi connectivity index (χ2v) is 28.0. The van der Waals surface area contributed by atoms with E-state index in [1.807, 2.05) is 21.1 Å². The van der Waals surface area contributed by atoms with Crippen LogP contribution in [-0.2, 0) is 32.7 Å². The van der Waals surface area contributed by atoms with Gasteiger partial charge in [0.1, 0.15) is 19.8 Å². The Morgan fingerprint density at radius 1 is 0.330 bits per heavy atom. The Balaban J connectivity index is 4.00. The first-order valence-electron chi connectivity index (χ1n) is 38.5.